The summed E-state index contributed by atoms with van der Waals surface area (Å²) in [5, 5.41) is 0. The average Bonchev–Trinajstić information content (AvgIpc) is 2.66. The fourth-order valence-electron chi connectivity index (χ4n) is 1.73. The summed E-state index contributed by atoms with van der Waals surface area (Å²) in [5.41, 5.74) is 0. The van der Waals surface area contributed by atoms with E-state index < -0.39 is 0 Å². The third-order valence-electron chi connectivity index (χ3n) is 3.24. The third-order valence-corrected chi connectivity index (χ3v) is 3.24. The molecule has 0 aromatic carbocycles. The van der Waals surface area contributed by atoms with E-state index in [2.05, 4.69) is 20.8 Å². The Bertz CT molecular complexity index is 103. The second-order valence-electron chi connectivity index (χ2n) is 4.42. The molecule has 11 heavy (non-hydrogen) atoms. The van der Waals surface area contributed by atoms with Gasteiger partial charge in [0.15, 0.2) is 0 Å². The summed E-state index contributed by atoms with van der Waals surface area (Å²) in [6.45, 7) is 7.05. The van der Waals surface area contributed by atoms with Gasteiger partial charge in [0.2, 0.25) is 0 Å². The summed E-state index contributed by atoms with van der Waals surface area (Å²) < 4.78 is 0. The Balaban J connectivity index is 1.88. The lowest BCUT2D eigenvalue weighted by Crippen LogP contribution is -1.92. The first-order valence-corrected chi connectivity index (χ1v) is 5.24. The van der Waals surface area contributed by atoms with E-state index in [4.69, 9.17) is 0 Å². The second kappa shape index (κ2) is 4.13. The molecule has 66 valence electrons. The van der Waals surface area contributed by atoms with E-state index in [1.54, 1.807) is 0 Å². The predicted molar refractivity (Wildman–Crippen MR) is 50.6 cm³/mol. The van der Waals surface area contributed by atoms with Gasteiger partial charge in [-0.1, -0.05) is 46.5 Å². The van der Waals surface area contributed by atoms with Crippen LogP contribution in [0.15, 0.2) is 0 Å². The summed E-state index contributed by atoms with van der Waals surface area (Å²) in [6, 6.07) is 0. The smallest absolute Gasteiger partial charge is 0.0386 e. The number of rotatable bonds is 5. The van der Waals surface area contributed by atoms with Crippen LogP contribution in [0.3, 0.4) is 0 Å². The van der Waals surface area contributed by atoms with E-state index in [1.807, 2.05) is 0 Å². The molecule has 0 bridgehead atoms. The molecule has 3 atom stereocenters. The second-order valence-corrected chi connectivity index (χ2v) is 4.42. The van der Waals surface area contributed by atoms with Crippen LogP contribution in [-0.4, -0.2) is 0 Å². The van der Waals surface area contributed by atoms with Gasteiger partial charge in [0.1, 0.15) is 0 Å². The van der Waals surface area contributed by atoms with Crippen LogP contribution in [0.1, 0.15) is 52.9 Å². The van der Waals surface area contributed by atoms with Gasteiger partial charge in [-0.25, -0.2) is 0 Å². The molecule has 0 N–H and O–H groups in total. The predicted octanol–water partition coefficient (Wildman–Crippen LogP) is 3.86. The Hall–Kier alpha value is 0. The molecule has 0 saturated heterocycles. The van der Waals surface area contributed by atoms with E-state index in [9.17, 15) is 0 Å². The Morgan fingerprint density at radius 1 is 1.45 bits per heavy atom. The van der Waals surface area contributed by atoms with Crippen LogP contribution in [0.2, 0.25) is 0 Å². The van der Waals surface area contributed by atoms with Crippen molar-refractivity contribution in [3.8, 4) is 0 Å². The van der Waals surface area contributed by atoms with Crippen molar-refractivity contribution in [2.45, 2.75) is 52.9 Å². The van der Waals surface area contributed by atoms with Gasteiger partial charge in [0, 0.05) is 0 Å². The summed E-state index contributed by atoms with van der Waals surface area (Å²) in [5.74, 6) is 3.13. The molecule has 0 aromatic heterocycles. The van der Waals surface area contributed by atoms with E-state index in [0.29, 0.717) is 0 Å². The standard InChI is InChI=1S/C11H22/c1-4-9(2)6-5-7-11-8-10(11)3/h9-11H,4-8H2,1-3H3. The zero-order valence-corrected chi connectivity index (χ0v) is 8.27. The SMILES string of the molecule is CCC(C)CCCC1CC1C. The minimum absolute atomic E-state index is 0.962. The molecular formula is C11H22. The maximum absolute atomic E-state index is 2.38. The van der Waals surface area contributed by atoms with Crippen molar-refractivity contribution in [3.63, 3.8) is 0 Å². The molecule has 0 nitrogen and oxygen atoms in total. The van der Waals surface area contributed by atoms with Gasteiger partial charge in [-0.3, -0.25) is 0 Å². The van der Waals surface area contributed by atoms with Gasteiger partial charge < -0.3 is 0 Å². The maximum Gasteiger partial charge on any atom is -0.0386 e. The first kappa shape index (κ1) is 9.09. The van der Waals surface area contributed by atoms with Crippen LogP contribution >= 0.6 is 0 Å². The Morgan fingerprint density at radius 3 is 2.55 bits per heavy atom. The zero-order chi connectivity index (χ0) is 8.27. The summed E-state index contributed by atoms with van der Waals surface area (Å²) >= 11 is 0. The topological polar surface area (TPSA) is 0 Å². The lowest BCUT2D eigenvalue weighted by Gasteiger charge is -2.06. The Morgan fingerprint density at radius 2 is 2.09 bits per heavy atom. The highest BCUT2D eigenvalue weighted by atomic mass is 14.4. The van der Waals surface area contributed by atoms with Crippen LogP contribution in [0.5, 0.6) is 0 Å². The first-order valence-electron chi connectivity index (χ1n) is 5.24. The largest absolute Gasteiger partial charge is 0.0651 e. The van der Waals surface area contributed by atoms with Gasteiger partial charge in [0.05, 0.1) is 0 Å². The third kappa shape index (κ3) is 3.27. The molecule has 1 saturated carbocycles. The Kier molecular flexibility index (Phi) is 3.42. The van der Waals surface area contributed by atoms with Crippen molar-refractivity contribution in [2.24, 2.45) is 17.8 Å². The van der Waals surface area contributed by atoms with Crippen LogP contribution in [0, 0.1) is 17.8 Å². The Labute approximate surface area is 71.4 Å². The number of hydrogen-bond acceptors (Lipinski definition) is 0. The monoisotopic (exact) mass is 154 g/mol. The molecule has 0 radical (unpaired) electrons. The molecule has 0 spiro atoms. The van der Waals surface area contributed by atoms with Gasteiger partial charge in [0.25, 0.3) is 0 Å². The summed E-state index contributed by atoms with van der Waals surface area (Å²) in [6.07, 6.45) is 7.32. The van der Waals surface area contributed by atoms with Crippen LogP contribution < -0.4 is 0 Å². The average molecular weight is 154 g/mol. The van der Waals surface area contributed by atoms with Gasteiger partial charge in [-0.15, -0.1) is 0 Å². The minimum atomic E-state index is 0.962. The zero-order valence-electron chi connectivity index (χ0n) is 8.27. The van der Waals surface area contributed by atoms with Crippen LogP contribution in [-0.2, 0) is 0 Å². The van der Waals surface area contributed by atoms with Gasteiger partial charge in [-0.2, -0.15) is 0 Å². The molecule has 0 aromatic rings. The van der Waals surface area contributed by atoms with Crippen molar-refractivity contribution < 1.29 is 0 Å². The minimum Gasteiger partial charge on any atom is -0.0651 e. The van der Waals surface area contributed by atoms with Crippen LogP contribution in [0.25, 0.3) is 0 Å². The number of hydrogen-bond donors (Lipinski definition) is 0. The van der Waals surface area contributed by atoms with E-state index in [0.717, 1.165) is 17.8 Å². The molecule has 0 heteroatoms. The van der Waals surface area contributed by atoms with Crippen molar-refractivity contribution in [3.05, 3.63) is 0 Å². The summed E-state index contributed by atoms with van der Waals surface area (Å²) in [4.78, 5) is 0. The fourth-order valence-corrected chi connectivity index (χ4v) is 1.73. The lowest BCUT2D eigenvalue weighted by atomic mass is 10.0. The molecule has 1 aliphatic rings. The first-order chi connectivity index (χ1) is 5.24. The van der Waals surface area contributed by atoms with E-state index in [1.165, 1.54) is 32.1 Å². The molecule has 0 amide bonds. The quantitative estimate of drug-likeness (QED) is 0.564. The van der Waals surface area contributed by atoms with Gasteiger partial charge in [-0.05, 0) is 24.2 Å². The van der Waals surface area contributed by atoms with E-state index >= 15 is 0 Å². The maximum atomic E-state index is 2.38. The molecule has 3 unspecified atom stereocenters. The highest BCUT2D eigenvalue weighted by molar-refractivity contribution is 4.81. The highest BCUT2D eigenvalue weighted by Crippen LogP contribution is 2.41. The molecule has 1 fully saturated rings. The van der Waals surface area contributed by atoms with Crippen LogP contribution in [0.4, 0.5) is 0 Å². The molecule has 1 rings (SSSR count). The van der Waals surface area contributed by atoms with Crippen molar-refractivity contribution in [1.29, 1.82) is 0 Å². The molecule has 0 aliphatic heterocycles. The molecule has 1 aliphatic carbocycles. The van der Waals surface area contributed by atoms with E-state index in [-0.39, 0.29) is 0 Å². The normalized spacial score (nSPS) is 31.9. The van der Waals surface area contributed by atoms with Gasteiger partial charge >= 0.3 is 0 Å². The van der Waals surface area contributed by atoms with Crippen molar-refractivity contribution in [2.75, 3.05) is 0 Å². The lowest BCUT2D eigenvalue weighted by molar-refractivity contribution is 0.468. The molecular weight excluding hydrogens is 132 g/mol. The summed E-state index contributed by atoms with van der Waals surface area (Å²) in [7, 11) is 0. The van der Waals surface area contributed by atoms with Crippen molar-refractivity contribution >= 4 is 0 Å². The highest BCUT2D eigenvalue weighted by Gasteiger charge is 2.31. The van der Waals surface area contributed by atoms with Crippen molar-refractivity contribution in [1.82, 2.24) is 0 Å². The molecule has 0 heterocycles. The fraction of sp³-hybridized carbons (Fsp3) is 1.00.